The molecular formula is C13H15NO2. The van der Waals surface area contributed by atoms with Gasteiger partial charge in [0.2, 0.25) is 0 Å². The fraction of sp³-hybridized carbons (Fsp3) is 0.462. The van der Waals surface area contributed by atoms with E-state index in [-0.39, 0.29) is 0 Å². The van der Waals surface area contributed by atoms with Crippen LogP contribution in [0.5, 0.6) is 0 Å². The first-order chi connectivity index (χ1) is 7.72. The number of carboxylic acids is 1. The number of nitrogens with one attached hydrogen (secondary N) is 1. The lowest BCUT2D eigenvalue weighted by Crippen LogP contribution is -2.39. The highest BCUT2D eigenvalue weighted by molar-refractivity contribution is 5.84. The van der Waals surface area contributed by atoms with Gasteiger partial charge in [-0.3, -0.25) is 4.79 Å². The minimum Gasteiger partial charge on any atom is -0.481 e. The lowest BCUT2D eigenvalue weighted by atomic mass is 9.89. The molecule has 2 fully saturated rings. The molecule has 3 heteroatoms. The van der Waals surface area contributed by atoms with Crippen LogP contribution in [0.1, 0.15) is 29.9 Å². The maximum absolute atomic E-state index is 11.2. The first-order valence-electron chi connectivity index (χ1n) is 5.77. The molecule has 1 aliphatic carbocycles. The van der Waals surface area contributed by atoms with Crippen LogP contribution in [0, 0.1) is 0 Å². The van der Waals surface area contributed by atoms with E-state index in [0.29, 0.717) is 5.92 Å². The van der Waals surface area contributed by atoms with Crippen LogP contribution in [-0.2, 0) is 10.2 Å². The van der Waals surface area contributed by atoms with Crippen LogP contribution < -0.4 is 5.32 Å². The first-order valence-corrected chi connectivity index (χ1v) is 5.77. The lowest BCUT2D eigenvalue weighted by Gasteiger charge is -2.27. The van der Waals surface area contributed by atoms with Crippen LogP contribution in [-0.4, -0.2) is 24.2 Å². The molecule has 0 amide bonds. The molecule has 0 radical (unpaired) electrons. The second-order valence-electron chi connectivity index (χ2n) is 4.86. The highest BCUT2D eigenvalue weighted by atomic mass is 16.4. The Balaban J connectivity index is 1.85. The molecule has 16 heavy (non-hydrogen) atoms. The highest BCUT2D eigenvalue weighted by Crippen LogP contribution is 2.48. The summed E-state index contributed by atoms with van der Waals surface area (Å²) in [5.41, 5.74) is 1.73. The molecule has 0 aromatic heterocycles. The summed E-state index contributed by atoms with van der Waals surface area (Å²) in [5.74, 6) is -0.0559. The Morgan fingerprint density at radius 3 is 2.25 bits per heavy atom. The molecule has 3 nitrogen and oxygen atoms in total. The summed E-state index contributed by atoms with van der Waals surface area (Å²) in [4.78, 5) is 11.2. The minimum atomic E-state index is -0.675. The summed E-state index contributed by atoms with van der Waals surface area (Å²) in [7, 11) is 0. The van der Waals surface area contributed by atoms with Gasteiger partial charge in [-0.15, -0.1) is 0 Å². The molecule has 2 N–H and O–H groups in total. The van der Waals surface area contributed by atoms with E-state index in [0.717, 1.165) is 31.5 Å². The molecule has 0 bridgehead atoms. The van der Waals surface area contributed by atoms with Gasteiger partial charge < -0.3 is 10.4 Å². The van der Waals surface area contributed by atoms with Crippen LogP contribution in [0.3, 0.4) is 0 Å². The third-order valence-electron chi connectivity index (χ3n) is 3.88. The van der Waals surface area contributed by atoms with E-state index in [4.69, 9.17) is 0 Å². The normalized spacial score (nSPS) is 22.5. The number of hydrogen-bond acceptors (Lipinski definition) is 2. The van der Waals surface area contributed by atoms with E-state index in [1.807, 2.05) is 12.1 Å². The van der Waals surface area contributed by atoms with Gasteiger partial charge in [0.15, 0.2) is 0 Å². The number of aliphatic carboxylic acids is 1. The average molecular weight is 217 g/mol. The molecular weight excluding hydrogens is 202 g/mol. The van der Waals surface area contributed by atoms with E-state index in [1.165, 1.54) is 5.56 Å². The summed E-state index contributed by atoms with van der Waals surface area (Å²) in [6, 6.07) is 8.16. The Bertz CT molecular complexity index is 416. The van der Waals surface area contributed by atoms with Gasteiger partial charge >= 0.3 is 5.97 Å². The van der Waals surface area contributed by atoms with Gasteiger partial charge in [0.05, 0.1) is 5.41 Å². The maximum Gasteiger partial charge on any atom is 0.314 e. The average Bonchev–Trinajstić information content (AvgIpc) is 2.97. The SMILES string of the molecule is O=C(O)C1(c2ccc(C3CNC3)cc2)CC1. The van der Waals surface area contributed by atoms with Crippen molar-refractivity contribution in [3.63, 3.8) is 0 Å². The molecule has 2 aliphatic rings. The van der Waals surface area contributed by atoms with Gasteiger partial charge in [0.1, 0.15) is 0 Å². The Labute approximate surface area is 94.5 Å². The summed E-state index contributed by atoms with van der Waals surface area (Å²) in [6.45, 7) is 2.09. The number of carbonyl (C=O) groups is 1. The van der Waals surface area contributed by atoms with E-state index in [1.54, 1.807) is 0 Å². The first kappa shape index (κ1) is 9.85. The Morgan fingerprint density at radius 1 is 1.25 bits per heavy atom. The largest absolute Gasteiger partial charge is 0.481 e. The molecule has 0 unspecified atom stereocenters. The van der Waals surface area contributed by atoms with Crippen LogP contribution in [0.25, 0.3) is 0 Å². The maximum atomic E-state index is 11.2. The topological polar surface area (TPSA) is 49.3 Å². The third-order valence-corrected chi connectivity index (χ3v) is 3.88. The second kappa shape index (κ2) is 3.32. The zero-order valence-electron chi connectivity index (χ0n) is 9.07. The zero-order chi connectivity index (χ0) is 11.2. The highest BCUT2D eigenvalue weighted by Gasteiger charge is 2.51. The monoisotopic (exact) mass is 217 g/mol. The van der Waals surface area contributed by atoms with Crippen molar-refractivity contribution in [3.05, 3.63) is 35.4 Å². The molecule has 3 rings (SSSR count). The second-order valence-corrected chi connectivity index (χ2v) is 4.86. The van der Waals surface area contributed by atoms with Crippen molar-refractivity contribution in [2.45, 2.75) is 24.2 Å². The minimum absolute atomic E-state index is 0.559. The van der Waals surface area contributed by atoms with Gasteiger partial charge in [-0.1, -0.05) is 24.3 Å². The van der Waals surface area contributed by atoms with Gasteiger partial charge in [-0.25, -0.2) is 0 Å². The number of hydrogen-bond donors (Lipinski definition) is 2. The van der Waals surface area contributed by atoms with Crippen LogP contribution >= 0.6 is 0 Å². The molecule has 84 valence electrons. The molecule has 1 heterocycles. The van der Waals surface area contributed by atoms with Crippen molar-refractivity contribution in [1.82, 2.24) is 5.32 Å². The molecule has 0 spiro atoms. The number of benzene rings is 1. The quantitative estimate of drug-likeness (QED) is 0.806. The van der Waals surface area contributed by atoms with Gasteiger partial charge in [-0.05, 0) is 24.0 Å². The molecule has 1 aromatic rings. The lowest BCUT2D eigenvalue weighted by molar-refractivity contribution is -0.140. The molecule has 1 saturated heterocycles. The van der Waals surface area contributed by atoms with Crippen LogP contribution in [0.4, 0.5) is 0 Å². The Kier molecular flexibility index (Phi) is 2.04. The predicted octanol–water partition coefficient (Wildman–Crippen LogP) is 1.49. The molecule has 1 aliphatic heterocycles. The fourth-order valence-electron chi connectivity index (χ4n) is 2.35. The third kappa shape index (κ3) is 1.35. The van der Waals surface area contributed by atoms with Crippen LogP contribution in [0.2, 0.25) is 0 Å². The smallest absolute Gasteiger partial charge is 0.314 e. The predicted molar refractivity (Wildman–Crippen MR) is 60.6 cm³/mol. The molecule has 1 saturated carbocycles. The molecule has 0 atom stereocenters. The summed E-state index contributed by atoms with van der Waals surface area (Å²) in [6.07, 6.45) is 1.57. The van der Waals surface area contributed by atoms with Crippen molar-refractivity contribution in [2.24, 2.45) is 0 Å². The van der Waals surface area contributed by atoms with E-state index in [2.05, 4.69) is 17.4 Å². The number of rotatable bonds is 3. The van der Waals surface area contributed by atoms with Gasteiger partial charge in [0, 0.05) is 19.0 Å². The van der Waals surface area contributed by atoms with Gasteiger partial charge in [0.25, 0.3) is 0 Å². The molecule has 1 aromatic carbocycles. The van der Waals surface area contributed by atoms with Crippen molar-refractivity contribution in [2.75, 3.05) is 13.1 Å². The Hall–Kier alpha value is -1.35. The van der Waals surface area contributed by atoms with Crippen molar-refractivity contribution < 1.29 is 9.90 Å². The fourth-order valence-corrected chi connectivity index (χ4v) is 2.35. The Morgan fingerprint density at radius 2 is 1.88 bits per heavy atom. The standard InChI is InChI=1S/C13H15NO2/c15-12(16)13(5-6-13)11-3-1-9(2-4-11)10-7-14-8-10/h1-4,10,14H,5-8H2,(H,15,16). The summed E-state index contributed by atoms with van der Waals surface area (Å²) in [5, 5.41) is 12.4. The number of carboxylic acid groups (broad SMARTS) is 1. The van der Waals surface area contributed by atoms with E-state index in [9.17, 15) is 9.90 Å². The van der Waals surface area contributed by atoms with Crippen molar-refractivity contribution >= 4 is 5.97 Å². The van der Waals surface area contributed by atoms with Crippen molar-refractivity contribution in [3.8, 4) is 0 Å². The van der Waals surface area contributed by atoms with Crippen LogP contribution in [0.15, 0.2) is 24.3 Å². The zero-order valence-corrected chi connectivity index (χ0v) is 9.07. The van der Waals surface area contributed by atoms with Crippen molar-refractivity contribution in [1.29, 1.82) is 0 Å². The van der Waals surface area contributed by atoms with Gasteiger partial charge in [-0.2, -0.15) is 0 Å². The van der Waals surface area contributed by atoms with E-state index < -0.39 is 11.4 Å². The summed E-state index contributed by atoms with van der Waals surface area (Å²) >= 11 is 0. The summed E-state index contributed by atoms with van der Waals surface area (Å²) < 4.78 is 0. The van der Waals surface area contributed by atoms with E-state index >= 15 is 0 Å².